The van der Waals surface area contributed by atoms with Crippen LogP contribution in [0.1, 0.15) is 50.4 Å². The van der Waals surface area contributed by atoms with Crippen molar-refractivity contribution in [1.82, 2.24) is 15.2 Å². The normalized spacial score (nSPS) is 14.3. The molecule has 5 nitrogen and oxygen atoms in total. The molecule has 26 heavy (non-hydrogen) atoms. The number of hydrogen-bond donors (Lipinski definition) is 1. The minimum atomic E-state index is 0. The zero-order valence-corrected chi connectivity index (χ0v) is 17.9. The molecule has 1 saturated heterocycles. The van der Waals surface area contributed by atoms with Crippen LogP contribution < -0.4 is 10.2 Å². The Balaban J connectivity index is 0.00000312. The molecule has 1 N–H and O–H groups in total. The van der Waals surface area contributed by atoms with Crippen LogP contribution in [0.3, 0.4) is 0 Å². The highest BCUT2D eigenvalue weighted by Gasteiger charge is 2.23. The Morgan fingerprint density at radius 2 is 1.92 bits per heavy atom. The van der Waals surface area contributed by atoms with Gasteiger partial charge in [-0.3, -0.25) is 4.79 Å². The van der Waals surface area contributed by atoms with Gasteiger partial charge in [0.15, 0.2) is 0 Å². The Bertz CT molecular complexity index is 505. The molecule has 1 aromatic heterocycles. The van der Waals surface area contributed by atoms with Crippen molar-refractivity contribution in [2.75, 3.05) is 44.2 Å². The Morgan fingerprint density at radius 1 is 1.23 bits per heavy atom. The topological polar surface area (TPSA) is 48.5 Å². The van der Waals surface area contributed by atoms with Gasteiger partial charge >= 0.3 is 0 Å². The van der Waals surface area contributed by atoms with E-state index in [9.17, 15) is 4.79 Å². The molecule has 0 bridgehead atoms. The number of aromatic nitrogens is 1. The molecule has 0 saturated carbocycles. The molecule has 2 heterocycles. The van der Waals surface area contributed by atoms with Crippen LogP contribution in [-0.2, 0) is 0 Å². The van der Waals surface area contributed by atoms with E-state index in [1.807, 2.05) is 17.0 Å². The maximum absolute atomic E-state index is 12.7. The number of nitrogens with zero attached hydrogens (tertiary/aromatic N) is 3. The van der Waals surface area contributed by atoms with E-state index in [0.29, 0.717) is 11.5 Å². The summed E-state index contributed by atoms with van der Waals surface area (Å²) in [7, 11) is 0. The van der Waals surface area contributed by atoms with E-state index in [1.54, 1.807) is 6.20 Å². The first-order valence-electron chi connectivity index (χ1n) is 9.40. The maximum atomic E-state index is 12.7. The van der Waals surface area contributed by atoms with Gasteiger partial charge in [0, 0.05) is 32.4 Å². The van der Waals surface area contributed by atoms with Crippen molar-refractivity contribution in [3.63, 3.8) is 0 Å². The van der Waals surface area contributed by atoms with Crippen molar-refractivity contribution in [3.8, 4) is 0 Å². The molecular weight excluding hydrogens is 371 g/mol. The van der Waals surface area contributed by atoms with Gasteiger partial charge in [-0.15, -0.1) is 24.8 Å². The highest BCUT2D eigenvalue weighted by Crippen LogP contribution is 2.19. The SMILES string of the molecule is CCCN(CC)c1ccc(C(=O)N2CCC(CNCC)CC2)cn1.Cl.Cl. The molecule has 1 aromatic rings. The lowest BCUT2D eigenvalue weighted by Gasteiger charge is -2.32. The van der Waals surface area contributed by atoms with Gasteiger partial charge in [-0.25, -0.2) is 4.98 Å². The molecule has 0 spiro atoms. The van der Waals surface area contributed by atoms with Gasteiger partial charge in [-0.05, 0) is 57.3 Å². The van der Waals surface area contributed by atoms with Gasteiger partial charge < -0.3 is 15.1 Å². The first-order valence-corrected chi connectivity index (χ1v) is 9.40. The van der Waals surface area contributed by atoms with E-state index in [-0.39, 0.29) is 30.7 Å². The van der Waals surface area contributed by atoms with Crippen molar-refractivity contribution >= 4 is 36.5 Å². The van der Waals surface area contributed by atoms with Crippen LogP contribution in [0.15, 0.2) is 18.3 Å². The summed E-state index contributed by atoms with van der Waals surface area (Å²) >= 11 is 0. The number of halogens is 2. The number of carbonyl (C=O) groups is 1. The number of rotatable bonds is 8. The number of nitrogens with one attached hydrogen (secondary N) is 1. The summed E-state index contributed by atoms with van der Waals surface area (Å²) in [4.78, 5) is 21.4. The largest absolute Gasteiger partial charge is 0.357 e. The van der Waals surface area contributed by atoms with Crippen LogP contribution in [0, 0.1) is 5.92 Å². The number of amides is 1. The zero-order valence-electron chi connectivity index (χ0n) is 16.2. The van der Waals surface area contributed by atoms with E-state index in [1.165, 1.54) is 0 Å². The van der Waals surface area contributed by atoms with Gasteiger partial charge in [-0.1, -0.05) is 13.8 Å². The van der Waals surface area contributed by atoms with Crippen LogP contribution in [-0.4, -0.2) is 55.1 Å². The highest BCUT2D eigenvalue weighted by atomic mass is 35.5. The number of piperidine rings is 1. The summed E-state index contributed by atoms with van der Waals surface area (Å²) < 4.78 is 0. The zero-order chi connectivity index (χ0) is 17.4. The van der Waals surface area contributed by atoms with Crippen LogP contribution in [0.25, 0.3) is 0 Å². The summed E-state index contributed by atoms with van der Waals surface area (Å²) in [6.45, 7) is 12.2. The fourth-order valence-electron chi connectivity index (χ4n) is 3.28. The van der Waals surface area contributed by atoms with Crippen LogP contribution in [0.4, 0.5) is 5.82 Å². The summed E-state index contributed by atoms with van der Waals surface area (Å²) in [5, 5.41) is 3.41. The van der Waals surface area contributed by atoms with E-state index >= 15 is 0 Å². The third kappa shape index (κ3) is 6.93. The molecule has 0 unspecified atom stereocenters. The maximum Gasteiger partial charge on any atom is 0.255 e. The molecule has 2 rings (SSSR count). The first kappa shape index (κ1) is 25.0. The van der Waals surface area contributed by atoms with Crippen molar-refractivity contribution in [3.05, 3.63) is 23.9 Å². The highest BCUT2D eigenvalue weighted by molar-refractivity contribution is 5.94. The second-order valence-corrected chi connectivity index (χ2v) is 6.53. The van der Waals surface area contributed by atoms with Gasteiger partial charge in [0.05, 0.1) is 5.56 Å². The second kappa shape index (κ2) is 13.2. The van der Waals surface area contributed by atoms with E-state index in [4.69, 9.17) is 0 Å². The predicted molar refractivity (Wildman–Crippen MR) is 114 cm³/mol. The lowest BCUT2D eigenvalue weighted by Crippen LogP contribution is -2.40. The molecule has 150 valence electrons. The van der Waals surface area contributed by atoms with Crippen molar-refractivity contribution in [1.29, 1.82) is 0 Å². The molecule has 1 aliphatic rings. The van der Waals surface area contributed by atoms with Crippen molar-refractivity contribution in [2.45, 2.75) is 40.0 Å². The van der Waals surface area contributed by atoms with E-state index < -0.39 is 0 Å². The summed E-state index contributed by atoms with van der Waals surface area (Å²) in [5.74, 6) is 1.77. The Kier molecular flexibility index (Phi) is 12.7. The summed E-state index contributed by atoms with van der Waals surface area (Å²) in [5.41, 5.74) is 0.705. The fraction of sp³-hybridized carbons (Fsp3) is 0.684. The molecule has 1 amide bonds. The van der Waals surface area contributed by atoms with Gasteiger partial charge in [0.1, 0.15) is 5.82 Å². The second-order valence-electron chi connectivity index (χ2n) is 6.53. The molecule has 1 fully saturated rings. The monoisotopic (exact) mass is 404 g/mol. The molecule has 0 atom stereocenters. The van der Waals surface area contributed by atoms with Crippen LogP contribution in [0.2, 0.25) is 0 Å². The van der Waals surface area contributed by atoms with Crippen LogP contribution in [0.5, 0.6) is 0 Å². The van der Waals surface area contributed by atoms with E-state index in [2.05, 4.69) is 36.0 Å². The van der Waals surface area contributed by atoms with Gasteiger partial charge in [0.2, 0.25) is 0 Å². The quantitative estimate of drug-likeness (QED) is 0.718. The number of pyridine rings is 1. The molecule has 1 aliphatic heterocycles. The van der Waals surface area contributed by atoms with Gasteiger partial charge in [-0.2, -0.15) is 0 Å². The minimum absolute atomic E-state index is 0. The summed E-state index contributed by atoms with van der Waals surface area (Å²) in [6, 6.07) is 3.90. The van der Waals surface area contributed by atoms with Gasteiger partial charge in [0.25, 0.3) is 5.91 Å². The Hall–Kier alpha value is -1.04. The molecule has 0 aromatic carbocycles. The fourth-order valence-corrected chi connectivity index (χ4v) is 3.28. The average molecular weight is 405 g/mol. The molecule has 0 radical (unpaired) electrons. The first-order chi connectivity index (χ1) is 11.7. The number of likely N-dealkylation sites (tertiary alicyclic amines) is 1. The smallest absolute Gasteiger partial charge is 0.255 e. The Labute approximate surface area is 170 Å². The molecule has 0 aliphatic carbocycles. The molecular formula is C19H34Cl2N4O. The van der Waals surface area contributed by atoms with Crippen molar-refractivity contribution < 1.29 is 4.79 Å². The van der Waals surface area contributed by atoms with Crippen molar-refractivity contribution in [2.24, 2.45) is 5.92 Å². The third-order valence-electron chi connectivity index (χ3n) is 4.78. The van der Waals surface area contributed by atoms with Crippen LogP contribution >= 0.6 is 24.8 Å². The number of hydrogen-bond acceptors (Lipinski definition) is 4. The standard InChI is InChI=1S/C19H32N4O.2ClH/c1-4-11-22(6-3)18-8-7-17(15-21-18)19(24)23-12-9-16(10-13-23)14-20-5-2;;/h7-8,15-16,20H,4-6,9-14H2,1-3H3;2*1H. The lowest BCUT2D eigenvalue weighted by molar-refractivity contribution is 0.0690. The Morgan fingerprint density at radius 3 is 2.42 bits per heavy atom. The lowest BCUT2D eigenvalue weighted by atomic mass is 9.96. The minimum Gasteiger partial charge on any atom is -0.357 e. The number of carbonyl (C=O) groups excluding carboxylic acids is 1. The average Bonchev–Trinajstić information content (AvgIpc) is 2.64. The third-order valence-corrected chi connectivity index (χ3v) is 4.78. The summed E-state index contributed by atoms with van der Waals surface area (Å²) in [6.07, 6.45) is 5.01. The van der Waals surface area contributed by atoms with E-state index in [0.717, 1.165) is 64.3 Å². The molecule has 7 heteroatoms. The number of anilines is 1. The predicted octanol–water partition coefficient (Wildman–Crippen LogP) is 3.62.